The Hall–Kier alpha value is -3.67. The minimum Gasteiger partial charge on any atom is -0.497 e. The van der Waals surface area contributed by atoms with Gasteiger partial charge in [0.15, 0.2) is 5.82 Å². The fraction of sp³-hybridized carbons (Fsp3) is 0.174. The normalized spacial score (nSPS) is 15.7. The van der Waals surface area contributed by atoms with Crippen LogP contribution in [0.4, 0.5) is 5.82 Å². The van der Waals surface area contributed by atoms with Crippen molar-refractivity contribution in [1.82, 2.24) is 14.8 Å². The van der Waals surface area contributed by atoms with Crippen molar-refractivity contribution in [2.24, 2.45) is 4.99 Å². The summed E-state index contributed by atoms with van der Waals surface area (Å²) in [5.41, 5.74) is 5.01. The summed E-state index contributed by atoms with van der Waals surface area (Å²) in [5, 5.41) is 4.86. The first-order valence-electron chi connectivity index (χ1n) is 9.49. The number of methoxy groups -OCH3 is 1. The maximum atomic E-state index is 5.66. The molecule has 0 amide bonds. The Morgan fingerprint density at radius 3 is 2.66 bits per heavy atom. The fourth-order valence-electron chi connectivity index (χ4n) is 3.83. The Morgan fingerprint density at radius 2 is 1.97 bits per heavy atom. The lowest BCUT2D eigenvalue weighted by molar-refractivity contribution is 0.415. The summed E-state index contributed by atoms with van der Waals surface area (Å²) in [5.74, 6) is 2.43. The summed E-state index contributed by atoms with van der Waals surface area (Å²) >= 11 is 0. The standard InChI is InChI=1S/C23H20N4O2/c1-15-22(16-7-9-18(28-2)10-8-16)23-25-19(21-6-4-12-29-21)13-20(27(23)26-15)17-5-3-11-24-14-17/h3-12,14,20H,13H2,1-2H3/t20-/m0/s1. The molecule has 1 aliphatic rings. The lowest BCUT2D eigenvalue weighted by Crippen LogP contribution is -2.21. The first kappa shape index (κ1) is 17.4. The van der Waals surface area contributed by atoms with E-state index in [9.17, 15) is 0 Å². The molecule has 5 rings (SSSR count). The zero-order chi connectivity index (χ0) is 19.8. The van der Waals surface area contributed by atoms with Crippen LogP contribution in [-0.2, 0) is 0 Å². The van der Waals surface area contributed by atoms with Gasteiger partial charge in [-0.15, -0.1) is 0 Å². The first-order chi connectivity index (χ1) is 14.2. The number of fused-ring (bicyclic) bond motifs is 1. The topological polar surface area (TPSA) is 65.4 Å². The van der Waals surface area contributed by atoms with Crippen molar-refractivity contribution >= 4 is 11.5 Å². The van der Waals surface area contributed by atoms with Crippen molar-refractivity contribution in [3.05, 3.63) is 84.2 Å². The highest BCUT2D eigenvalue weighted by Crippen LogP contribution is 2.41. The average Bonchev–Trinajstić information content (AvgIpc) is 3.41. The van der Waals surface area contributed by atoms with E-state index >= 15 is 0 Å². The predicted octanol–water partition coefficient (Wildman–Crippen LogP) is 4.97. The number of pyridine rings is 1. The molecule has 0 aliphatic carbocycles. The molecule has 4 aromatic rings. The van der Waals surface area contributed by atoms with Gasteiger partial charge >= 0.3 is 0 Å². The summed E-state index contributed by atoms with van der Waals surface area (Å²) in [7, 11) is 1.67. The first-order valence-corrected chi connectivity index (χ1v) is 9.49. The van der Waals surface area contributed by atoms with Gasteiger partial charge in [-0.1, -0.05) is 18.2 Å². The van der Waals surface area contributed by atoms with Crippen LogP contribution < -0.4 is 4.74 Å². The zero-order valence-electron chi connectivity index (χ0n) is 16.2. The number of aromatic nitrogens is 3. The molecule has 0 bridgehead atoms. The van der Waals surface area contributed by atoms with Gasteiger partial charge < -0.3 is 9.15 Å². The SMILES string of the molecule is COc1ccc(-c2c(C)nn3c2N=C(c2ccco2)C[C@H]3c2cccnc2)cc1. The second-order valence-corrected chi connectivity index (χ2v) is 7.00. The van der Waals surface area contributed by atoms with Crippen molar-refractivity contribution in [1.29, 1.82) is 0 Å². The number of rotatable bonds is 4. The van der Waals surface area contributed by atoms with Gasteiger partial charge in [0, 0.05) is 24.4 Å². The molecule has 29 heavy (non-hydrogen) atoms. The summed E-state index contributed by atoms with van der Waals surface area (Å²) < 4.78 is 13.0. The lowest BCUT2D eigenvalue weighted by Gasteiger charge is -2.24. The van der Waals surface area contributed by atoms with Gasteiger partial charge in [-0.25, -0.2) is 9.67 Å². The molecule has 3 aromatic heterocycles. The Morgan fingerprint density at radius 1 is 1.10 bits per heavy atom. The van der Waals surface area contributed by atoms with Gasteiger partial charge in [0.25, 0.3) is 0 Å². The maximum Gasteiger partial charge on any atom is 0.159 e. The van der Waals surface area contributed by atoms with Crippen LogP contribution in [0.1, 0.15) is 29.5 Å². The molecule has 6 heteroatoms. The Kier molecular flexibility index (Phi) is 4.24. The quantitative estimate of drug-likeness (QED) is 0.498. The minimum atomic E-state index is 0.00185. The van der Waals surface area contributed by atoms with Crippen molar-refractivity contribution in [3.8, 4) is 16.9 Å². The summed E-state index contributed by atoms with van der Waals surface area (Å²) in [4.78, 5) is 9.28. The van der Waals surface area contributed by atoms with Crippen LogP contribution in [0.5, 0.6) is 5.75 Å². The molecule has 1 aromatic carbocycles. The van der Waals surface area contributed by atoms with Gasteiger partial charge in [0.2, 0.25) is 0 Å². The zero-order valence-corrected chi connectivity index (χ0v) is 16.2. The molecule has 1 aliphatic heterocycles. The number of aliphatic imine (C=N–C) groups is 1. The summed E-state index contributed by atoms with van der Waals surface area (Å²) in [6.07, 6.45) is 6.04. The van der Waals surface area contributed by atoms with Crippen LogP contribution in [0, 0.1) is 6.92 Å². The third-order valence-electron chi connectivity index (χ3n) is 5.24. The highest BCUT2D eigenvalue weighted by molar-refractivity contribution is 6.02. The van der Waals surface area contributed by atoms with E-state index in [2.05, 4.69) is 11.1 Å². The van der Waals surface area contributed by atoms with E-state index in [0.29, 0.717) is 6.42 Å². The molecule has 0 N–H and O–H groups in total. The van der Waals surface area contributed by atoms with E-state index in [1.165, 1.54) is 0 Å². The Labute approximate surface area is 168 Å². The van der Waals surface area contributed by atoms with Crippen LogP contribution in [0.15, 0.2) is 76.6 Å². The van der Waals surface area contributed by atoms with Crippen molar-refractivity contribution in [2.45, 2.75) is 19.4 Å². The lowest BCUT2D eigenvalue weighted by atomic mass is 9.98. The number of ether oxygens (including phenoxy) is 1. The van der Waals surface area contributed by atoms with Crippen LogP contribution in [0.25, 0.3) is 11.1 Å². The monoisotopic (exact) mass is 384 g/mol. The van der Waals surface area contributed by atoms with E-state index in [1.807, 2.05) is 60.3 Å². The smallest absolute Gasteiger partial charge is 0.159 e. The maximum absolute atomic E-state index is 5.66. The van der Waals surface area contributed by atoms with E-state index < -0.39 is 0 Å². The Bertz CT molecular complexity index is 1160. The van der Waals surface area contributed by atoms with Gasteiger partial charge in [-0.3, -0.25) is 4.98 Å². The van der Waals surface area contributed by atoms with Crippen molar-refractivity contribution in [2.75, 3.05) is 7.11 Å². The molecular formula is C23H20N4O2. The number of furan rings is 1. The molecule has 0 saturated carbocycles. The molecule has 4 heterocycles. The van der Waals surface area contributed by atoms with Crippen LogP contribution >= 0.6 is 0 Å². The van der Waals surface area contributed by atoms with Crippen LogP contribution in [-0.4, -0.2) is 27.6 Å². The third kappa shape index (κ3) is 3.02. The molecular weight excluding hydrogens is 364 g/mol. The number of nitrogens with zero attached hydrogens (tertiary/aromatic N) is 4. The van der Waals surface area contributed by atoms with Gasteiger partial charge in [-0.05, 0) is 48.4 Å². The Balaban J connectivity index is 1.70. The highest BCUT2D eigenvalue weighted by atomic mass is 16.5. The van der Waals surface area contributed by atoms with Gasteiger partial charge in [0.1, 0.15) is 11.5 Å². The van der Waals surface area contributed by atoms with Crippen LogP contribution in [0.3, 0.4) is 0 Å². The summed E-state index contributed by atoms with van der Waals surface area (Å²) in [6.45, 7) is 2.02. The van der Waals surface area contributed by atoms with Crippen molar-refractivity contribution in [3.63, 3.8) is 0 Å². The number of hydrogen-bond acceptors (Lipinski definition) is 5. The fourth-order valence-corrected chi connectivity index (χ4v) is 3.83. The van der Waals surface area contributed by atoms with Crippen LogP contribution in [0.2, 0.25) is 0 Å². The van der Waals surface area contributed by atoms with E-state index in [-0.39, 0.29) is 6.04 Å². The third-order valence-corrected chi connectivity index (χ3v) is 5.24. The predicted molar refractivity (Wildman–Crippen MR) is 111 cm³/mol. The van der Waals surface area contributed by atoms with Gasteiger partial charge in [-0.2, -0.15) is 5.10 Å². The van der Waals surface area contributed by atoms with Gasteiger partial charge in [0.05, 0.1) is 30.8 Å². The summed E-state index contributed by atoms with van der Waals surface area (Å²) in [6, 6.07) is 15.9. The molecule has 144 valence electrons. The molecule has 0 spiro atoms. The molecule has 0 fully saturated rings. The molecule has 0 unspecified atom stereocenters. The number of aryl methyl sites for hydroxylation is 1. The van der Waals surface area contributed by atoms with E-state index in [1.54, 1.807) is 19.6 Å². The van der Waals surface area contributed by atoms with Crippen molar-refractivity contribution < 1.29 is 9.15 Å². The highest BCUT2D eigenvalue weighted by Gasteiger charge is 2.30. The largest absolute Gasteiger partial charge is 0.497 e. The number of hydrogen-bond donors (Lipinski definition) is 0. The minimum absolute atomic E-state index is 0.00185. The van der Waals surface area contributed by atoms with E-state index in [4.69, 9.17) is 19.2 Å². The van der Waals surface area contributed by atoms with E-state index in [0.717, 1.165) is 45.4 Å². The second-order valence-electron chi connectivity index (χ2n) is 7.00. The molecule has 1 atom stereocenters. The molecule has 0 saturated heterocycles. The number of benzene rings is 1. The second kappa shape index (κ2) is 7.05. The molecule has 0 radical (unpaired) electrons. The average molecular weight is 384 g/mol. The molecule has 6 nitrogen and oxygen atoms in total.